The third kappa shape index (κ3) is 5.31. The molecule has 2 aromatic carbocycles. The Hall–Kier alpha value is -3.41. The minimum absolute atomic E-state index is 0.146. The monoisotopic (exact) mass is 493 g/mol. The molecule has 1 fully saturated rings. The van der Waals surface area contributed by atoms with Crippen molar-refractivity contribution >= 4 is 40.3 Å². The van der Waals surface area contributed by atoms with Gasteiger partial charge in [0, 0.05) is 22.5 Å². The molecule has 0 bridgehead atoms. The number of nitrogens with zero attached hydrogens (tertiary/aromatic N) is 3. The van der Waals surface area contributed by atoms with Crippen LogP contribution >= 0.6 is 11.6 Å². The van der Waals surface area contributed by atoms with Crippen LogP contribution in [0.15, 0.2) is 36.4 Å². The van der Waals surface area contributed by atoms with Crippen LogP contribution in [0.3, 0.4) is 0 Å². The SMILES string of the molecule is CCC(CC)OC(=O)n1nc(NC(=O)[C@@H]2CCCNC2)c2cc(-c3cc(C#N)ccc3Cl)ccc21. The average molecular weight is 494 g/mol. The van der Waals surface area contributed by atoms with Gasteiger partial charge in [-0.1, -0.05) is 31.5 Å². The first-order valence-electron chi connectivity index (χ1n) is 11.9. The molecule has 1 aliphatic rings. The second-order valence-corrected chi connectivity index (χ2v) is 9.06. The highest BCUT2D eigenvalue weighted by Crippen LogP contribution is 2.34. The third-order valence-electron chi connectivity index (χ3n) is 6.35. The number of anilines is 1. The third-order valence-corrected chi connectivity index (χ3v) is 6.68. The zero-order chi connectivity index (χ0) is 24.9. The Balaban J connectivity index is 1.77. The van der Waals surface area contributed by atoms with E-state index in [4.69, 9.17) is 16.3 Å². The highest BCUT2D eigenvalue weighted by Gasteiger charge is 2.25. The Morgan fingerprint density at radius 1 is 1.29 bits per heavy atom. The second kappa shape index (κ2) is 10.9. The molecule has 1 aromatic heterocycles. The van der Waals surface area contributed by atoms with Crippen molar-refractivity contribution in [2.45, 2.75) is 45.6 Å². The molecular formula is C26H28ClN5O3. The number of nitriles is 1. The Bertz CT molecular complexity index is 1290. The van der Waals surface area contributed by atoms with Crippen molar-refractivity contribution in [3.8, 4) is 17.2 Å². The van der Waals surface area contributed by atoms with Crippen molar-refractivity contribution in [2.24, 2.45) is 5.92 Å². The Morgan fingerprint density at radius 3 is 2.77 bits per heavy atom. The first-order chi connectivity index (χ1) is 16.9. The number of rotatable bonds is 6. The molecule has 182 valence electrons. The van der Waals surface area contributed by atoms with Gasteiger partial charge in [0.2, 0.25) is 5.91 Å². The summed E-state index contributed by atoms with van der Waals surface area (Å²) < 4.78 is 6.82. The Kier molecular flexibility index (Phi) is 7.69. The molecular weight excluding hydrogens is 466 g/mol. The van der Waals surface area contributed by atoms with Gasteiger partial charge >= 0.3 is 6.09 Å². The van der Waals surface area contributed by atoms with Crippen molar-refractivity contribution in [1.29, 1.82) is 5.26 Å². The van der Waals surface area contributed by atoms with E-state index in [0.717, 1.165) is 24.9 Å². The molecule has 2 N–H and O–H groups in total. The number of piperidine rings is 1. The molecule has 1 aliphatic heterocycles. The Morgan fingerprint density at radius 2 is 2.09 bits per heavy atom. The number of nitrogens with one attached hydrogen (secondary N) is 2. The van der Waals surface area contributed by atoms with Crippen molar-refractivity contribution in [3.05, 3.63) is 47.0 Å². The van der Waals surface area contributed by atoms with Crippen molar-refractivity contribution in [1.82, 2.24) is 15.1 Å². The molecule has 1 saturated heterocycles. The highest BCUT2D eigenvalue weighted by molar-refractivity contribution is 6.33. The van der Waals surface area contributed by atoms with Gasteiger partial charge in [0.15, 0.2) is 5.82 Å². The zero-order valence-electron chi connectivity index (χ0n) is 19.8. The van der Waals surface area contributed by atoms with Crippen molar-refractivity contribution < 1.29 is 14.3 Å². The van der Waals surface area contributed by atoms with E-state index in [9.17, 15) is 14.9 Å². The lowest BCUT2D eigenvalue weighted by atomic mass is 9.98. The first-order valence-corrected chi connectivity index (χ1v) is 12.3. The predicted molar refractivity (Wildman–Crippen MR) is 135 cm³/mol. The summed E-state index contributed by atoms with van der Waals surface area (Å²) in [5.74, 6) is -0.0380. The largest absolute Gasteiger partial charge is 0.445 e. The summed E-state index contributed by atoms with van der Waals surface area (Å²) in [5, 5.41) is 21.0. The van der Waals surface area contributed by atoms with E-state index >= 15 is 0 Å². The number of carbonyl (C=O) groups is 2. The zero-order valence-corrected chi connectivity index (χ0v) is 20.6. The lowest BCUT2D eigenvalue weighted by Crippen LogP contribution is -2.37. The average Bonchev–Trinajstić information content (AvgIpc) is 3.25. The van der Waals surface area contributed by atoms with Crippen LogP contribution in [0.4, 0.5) is 10.6 Å². The molecule has 9 heteroatoms. The van der Waals surface area contributed by atoms with Crippen LogP contribution in [0.2, 0.25) is 5.02 Å². The van der Waals surface area contributed by atoms with Gasteiger partial charge < -0.3 is 15.4 Å². The fourth-order valence-electron chi connectivity index (χ4n) is 4.28. The van der Waals surface area contributed by atoms with Gasteiger partial charge in [-0.05, 0) is 68.1 Å². The summed E-state index contributed by atoms with van der Waals surface area (Å²) in [7, 11) is 0. The lowest BCUT2D eigenvalue weighted by Gasteiger charge is -2.21. The van der Waals surface area contributed by atoms with Crippen LogP contribution in [0.5, 0.6) is 0 Å². The number of amides is 1. The van der Waals surface area contributed by atoms with E-state index in [0.29, 0.717) is 46.4 Å². The molecule has 3 aromatic rings. The smallest absolute Gasteiger partial charge is 0.435 e. The van der Waals surface area contributed by atoms with E-state index < -0.39 is 6.09 Å². The molecule has 0 radical (unpaired) electrons. The number of ether oxygens (including phenoxy) is 1. The van der Waals surface area contributed by atoms with Crippen LogP contribution < -0.4 is 10.6 Å². The maximum absolute atomic E-state index is 13.0. The lowest BCUT2D eigenvalue weighted by molar-refractivity contribution is -0.120. The van der Waals surface area contributed by atoms with Gasteiger partial charge in [-0.2, -0.15) is 9.94 Å². The summed E-state index contributed by atoms with van der Waals surface area (Å²) in [4.78, 5) is 26.0. The van der Waals surface area contributed by atoms with E-state index in [-0.39, 0.29) is 23.7 Å². The van der Waals surface area contributed by atoms with Gasteiger partial charge in [0.1, 0.15) is 6.10 Å². The van der Waals surface area contributed by atoms with Crippen molar-refractivity contribution in [2.75, 3.05) is 18.4 Å². The minimum atomic E-state index is -0.596. The minimum Gasteiger partial charge on any atom is -0.445 e. The fourth-order valence-corrected chi connectivity index (χ4v) is 4.50. The first kappa shape index (κ1) is 24.7. The molecule has 0 unspecified atom stereocenters. The predicted octanol–water partition coefficient (Wildman–Crippen LogP) is 5.34. The summed E-state index contributed by atoms with van der Waals surface area (Å²) in [5.41, 5.74) is 2.40. The number of halogens is 1. The maximum Gasteiger partial charge on any atom is 0.435 e. The summed E-state index contributed by atoms with van der Waals surface area (Å²) in [6.07, 6.45) is 2.28. The molecule has 8 nitrogen and oxygen atoms in total. The quantitative estimate of drug-likeness (QED) is 0.479. The van der Waals surface area contributed by atoms with Crippen LogP contribution in [0.25, 0.3) is 22.0 Å². The van der Waals surface area contributed by atoms with Gasteiger partial charge in [0.25, 0.3) is 0 Å². The molecule has 0 spiro atoms. The van der Waals surface area contributed by atoms with E-state index in [1.807, 2.05) is 26.0 Å². The van der Waals surface area contributed by atoms with E-state index in [1.165, 1.54) is 4.68 Å². The number of carbonyl (C=O) groups excluding carboxylic acids is 2. The maximum atomic E-state index is 13.0. The molecule has 1 amide bonds. The van der Waals surface area contributed by atoms with Crippen LogP contribution in [0.1, 0.15) is 45.1 Å². The van der Waals surface area contributed by atoms with Gasteiger partial charge in [-0.3, -0.25) is 4.79 Å². The molecule has 0 saturated carbocycles. The summed E-state index contributed by atoms with van der Waals surface area (Å²) >= 11 is 6.43. The Labute approximate surface area is 209 Å². The molecule has 2 heterocycles. The highest BCUT2D eigenvalue weighted by atomic mass is 35.5. The number of fused-ring (bicyclic) bond motifs is 1. The van der Waals surface area contributed by atoms with Crippen LogP contribution in [-0.2, 0) is 9.53 Å². The molecule has 1 atom stereocenters. The fraction of sp³-hybridized carbons (Fsp3) is 0.385. The van der Waals surface area contributed by atoms with Gasteiger partial charge in [0.05, 0.1) is 23.1 Å². The van der Waals surface area contributed by atoms with Gasteiger partial charge in [-0.15, -0.1) is 5.10 Å². The topological polar surface area (TPSA) is 109 Å². The number of hydrogen-bond donors (Lipinski definition) is 2. The van der Waals surface area contributed by atoms with E-state index in [2.05, 4.69) is 21.8 Å². The number of benzene rings is 2. The molecule has 0 aliphatic carbocycles. The normalized spacial score (nSPS) is 15.7. The number of hydrogen-bond acceptors (Lipinski definition) is 6. The standard InChI is InChI=1S/C26H28ClN5O3/c1-3-19(4-2)35-26(34)32-23-10-8-17(20-12-16(14-28)7-9-22(20)27)13-21(23)24(31-32)30-25(33)18-6-5-11-29-15-18/h7-10,12-13,18-19,29H,3-6,11,15H2,1-2H3,(H,30,31,33)/t18-/m1/s1. The van der Waals surface area contributed by atoms with Crippen LogP contribution in [-0.4, -0.2) is 41.0 Å². The second-order valence-electron chi connectivity index (χ2n) is 8.65. The summed E-state index contributed by atoms with van der Waals surface area (Å²) in [6.45, 7) is 5.41. The van der Waals surface area contributed by atoms with Crippen molar-refractivity contribution in [3.63, 3.8) is 0 Å². The van der Waals surface area contributed by atoms with Gasteiger partial charge in [-0.25, -0.2) is 4.79 Å². The van der Waals surface area contributed by atoms with Crippen LogP contribution in [0, 0.1) is 17.2 Å². The number of aromatic nitrogens is 2. The summed E-state index contributed by atoms with van der Waals surface area (Å²) in [6, 6.07) is 12.5. The van der Waals surface area contributed by atoms with E-state index in [1.54, 1.807) is 24.3 Å². The molecule has 4 rings (SSSR count). The molecule has 35 heavy (non-hydrogen) atoms.